The van der Waals surface area contributed by atoms with Gasteiger partial charge < -0.3 is 68.5 Å². The topological polar surface area (TPSA) is 233 Å². The standard InChI is InChI=1S/C53H83IN6O13/c1-31-25-51(7,65)47(33(3)44(71-42-26-52(8,67-12)46(63)36(6)70-42)34(4)48(64)73-50(54)53(9,66)45(62)35(5)59(11)28-31)72-49-43(61)41(24-32(2)69-49)58(10)21-19-40-29-60(57-56-40)22-23-68-30-37-15-17-38(18-16-37)39-14-13-20-55-27-39/h13-18,20,27,29,31-36,41-47,49-50,61-63,65-66H,19,21-26,28,30H2,1-12H3/t31-,32-,33+,34-,35-,36+,41+,42+,43-,44+,45-,46+,47-,49+,50+,51-,52-,53+/m1/s1. The van der Waals surface area contributed by atoms with Crippen LogP contribution >= 0.6 is 22.6 Å². The van der Waals surface area contributed by atoms with Crippen LogP contribution in [-0.4, -0.2) is 190 Å². The average Bonchev–Trinajstić information content (AvgIpc) is 3.81. The maximum Gasteiger partial charge on any atom is 0.312 e. The quantitative estimate of drug-likeness (QED) is 0.0616. The Hall–Kier alpha value is -2.81. The first-order valence-electron chi connectivity index (χ1n) is 25.7. The van der Waals surface area contributed by atoms with Crippen molar-refractivity contribution in [2.45, 2.75) is 189 Å². The highest BCUT2D eigenvalue weighted by atomic mass is 127. The van der Waals surface area contributed by atoms with E-state index >= 15 is 0 Å². The third kappa shape index (κ3) is 14.8. The molecular weight excluding hydrogens is 1060 g/mol. The summed E-state index contributed by atoms with van der Waals surface area (Å²) in [5, 5.41) is 68.1. The molecule has 0 aliphatic carbocycles. The molecule has 20 heteroatoms. The predicted molar refractivity (Wildman–Crippen MR) is 280 cm³/mol. The Morgan fingerprint density at radius 1 is 0.945 bits per heavy atom. The number of methoxy groups -OCH3 is 1. The number of aliphatic hydroxyl groups excluding tert-OH is 3. The molecule has 1 aromatic carbocycles. The molecular formula is C53H83IN6O13. The first kappa shape index (κ1) is 59.4. The molecule has 0 unspecified atom stereocenters. The molecule has 0 amide bonds. The van der Waals surface area contributed by atoms with Crippen molar-refractivity contribution < 1.29 is 63.5 Å². The molecule has 3 aliphatic rings. The fourth-order valence-electron chi connectivity index (χ4n) is 10.8. The summed E-state index contributed by atoms with van der Waals surface area (Å²) in [7, 11) is 5.27. The van der Waals surface area contributed by atoms with E-state index in [0.29, 0.717) is 45.7 Å². The number of carbonyl (C=O) groups is 1. The molecule has 19 nitrogen and oxygen atoms in total. The number of nitrogens with zero attached hydrogens (tertiary/aromatic N) is 6. The number of aromatic nitrogens is 4. The van der Waals surface area contributed by atoms with Crippen LogP contribution in [0.4, 0.5) is 0 Å². The zero-order valence-corrected chi connectivity index (χ0v) is 46.9. The van der Waals surface area contributed by atoms with E-state index in [1.54, 1.807) is 45.5 Å². The molecule has 18 atom stereocenters. The van der Waals surface area contributed by atoms with Gasteiger partial charge in [-0.25, -0.2) is 4.68 Å². The van der Waals surface area contributed by atoms with Crippen molar-refractivity contribution in [3.63, 3.8) is 0 Å². The van der Waals surface area contributed by atoms with Crippen LogP contribution in [0.1, 0.15) is 92.8 Å². The van der Waals surface area contributed by atoms with Gasteiger partial charge in [0.25, 0.3) is 0 Å². The van der Waals surface area contributed by atoms with Crippen LogP contribution in [0.15, 0.2) is 55.0 Å². The van der Waals surface area contributed by atoms with E-state index in [2.05, 4.69) is 44.5 Å². The Kier molecular flexibility index (Phi) is 20.8. The minimum Gasteiger partial charge on any atom is -0.448 e. The number of benzene rings is 1. The monoisotopic (exact) mass is 1140 g/mol. The van der Waals surface area contributed by atoms with Crippen LogP contribution < -0.4 is 0 Å². The fraction of sp³-hybridized carbons (Fsp3) is 0.736. The molecule has 3 saturated heterocycles. The number of ether oxygens (including phenoxy) is 7. The Bertz CT molecular complexity index is 2180. The summed E-state index contributed by atoms with van der Waals surface area (Å²) in [5.41, 5.74) is -0.534. The molecule has 73 heavy (non-hydrogen) atoms. The van der Waals surface area contributed by atoms with Crippen LogP contribution in [0.3, 0.4) is 0 Å². The van der Waals surface area contributed by atoms with Crippen LogP contribution in [0.2, 0.25) is 0 Å². The maximum atomic E-state index is 14.3. The SMILES string of the molecule is CO[C@]1(C)C[C@H](O[C@H]2[C@H](C)[C@@H](O[C@@H]3O[C@H](C)C[C@H](N(C)CCc4cn(CCOCc5ccc(-c6cccnc6)cc5)nn4)[C@H]3O)[C@](C)(O)C[C@@H](C)CN(C)[C@H](C)[C@@H](O)[C@](C)(O)[C@@H](I)OC(=O)[C@@H]2C)O[C@@H](C)[C@@H]1O. The molecule has 3 fully saturated rings. The molecule has 6 rings (SSSR count). The highest BCUT2D eigenvalue weighted by Gasteiger charge is 2.53. The van der Waals surface area contributed by atoms with Crippen LogP contribution in [-0.2, 0) is 57.5 Å². The zero-order valence-electron chi connectivity index (χ0n) is 44.8. The van der Waals surface area contributed by atoms with Gasteiger partial charge in [0.1, 0.15) is 23.9 Å². The highest BCUT2D eigenvalue weighted by Crippen LogP contribution is 2.40. The van der Waals surface area contributed by atoms with Gasteiger partial charge in [-0.05, 0) is 127 Å². The van der Waals surface area contributed by atoms with Crippen molar-refractivity contribution in [1.82, 2.24) is 29.8 Å². The molecule has 5 N–H and O–H groups in total. The molecule has 0 bridgehead atoms. The summed E-state index contributed by atoms with van der Waals surface area (Å²) in [6.07, 6.45) is -2.07. The number of hydrogen-bond acceptors (Lipinski definition) is 18. The van der Waals surface area contributed by atoms with Gasteiger partial charge in [-0.3, -0.25) is 9.78 Å². The van der Waals surface area contributed by atoms with Crippen molar-refractivity contribution in [3.05, 3.63) is 66.2 Å². The number of pyridine rings is 1. The predicted octanol–water partition coefficient (Wildman–Crippen LogP) is 4.37. The third-order valence-corrected chi connectivity index (χ3v) is 17.0. The van der Waals surface area contributed by atoms with Gasteiger partial charge in [-0.1, -0.05) is 49.4 Å². The molecule has 5 heterocycles. The van der Waals surface area contributed by atoms with Crippen LogP contribution in [0.5, 0.6) is 0 Å². The Balaban J connectivity index is 1.17. The van der Waals surface area contributed by atoms with E-state index in [9.17, 15) is 30.3 Å². The molecule has 410 valence electrons. The van der Waals surface area contributed by atoms with E-state index in [0.717, 1.165) is 22.4 Å². The van der Waals surface area contributed by atoms with Gasteiger partial charge in [0, 0.05) is 69.6 Å². The Morgan fingerprint density at radius 2 is 1.66 bits per heavy atom. The van der Waals surface area contributed by atoms with Crippen molar-refractivity contribution in [3.8, 4) is 11.1 Å². The van der Waals surface area contributed by atoms with Crippen molar-refractivity contribution in [2.75, 3.05) is 40.9 Å². The lowest BCUT2D eigenvalue weighted by atomic mass is 9.77. The van der Waals surface area contributed by atoms with E-state index in [-0.39, 0.29) is 24.9 Å². The van der Waals surface area contributed by atoms with Gasteiger partial charge in [0.2, 0.25) is 0 Å². The summed E-state index contributed by atoms with van der Waals surface area (Å²) in [6, 6.07) is 11.2. The number of hydrogen-bond donors (Lipinski definition) is 5. The van der Waals surface area contributed by atoms with E-state index < -0.39 is 100 Å². The molecule has 0 saturated carbocycles. The van der Waals surface area contributed by atoms with Gasteiger partial charge in [-0.2, -0.15) is 0 Å². The van der Waals surface area contributed by atoms with Gasteiger partial charge in [0.15, 0.2) is 16.7 Å². The first-order chi connectivity index (χ1) is 34.3. The number of alkyl halides is 1. The third-order valence-electron chi connectivity index (χ3n) is 15.5. The summed E-state index contributed by atoms with van der Waals surface area (Å²) >= 11 is 1.83. The lowest BCUT2D eigenvalue weighted by Gasteiger charge is -2.49. The number of likely N-dealkylation sites (N-methyl/N-ethyl adjacent to an activating group) is 2. The maximum absolute atomic E-state index is 14.3. The lowest BCUT2D eigenvalue weighted by molar-refractivity contribution is -0.318. The minimum absolute atomic E-state index is 0.101. The smallest absolute Gasteiger partial charge is 0.312 e. The first-order valence-corrected chi connectivity index (χ1v) is 27.0. The normalized spacial score (nSPS) is 38.7. The number of halogens is 1. The summed E-state index contributed by atoms with van der Waals surface area (Å²) in [5.74, 6) is -2.80. The van der Waals surface area contributed by atoms with Crippen LogP contribution in [0, 0.1) is 17.8 Å². The van der Waals surface area contributed by atoms with Crippen LogP contribution in [0.25, 0.3) is 11.1 Å². The lowest BCUT2D eigenvalue weighted by Crippen LogP contribution is -2.60. The largest absolute Gasteiger partial charge is 0.448 e. The molecule has 3 aromatic rings. The summed E-state index contributed by atoms with van der Waals surface area (Å²) < 4.78 is 44.6. The molecule has 3 aliphatic heterocycles. The summed E-state index contributed by atoms with van der Waals surface area (Å²) in [4.78, 5) is 22.5. The summed E-state index contributed by atoms with van der Waals surface area (Å²) in [6.45, 7) is 18.1. The Labute approximate surface area is 445 Å². The average molecular weight is 1140 g/mol. The number of rotatable bonds is 15. The second kappa shape index (κ2) is 25.6. The molecule has 2 aromatic heterocycles. The van der Waals surface area contributed by atoms with Gasteiger partial charge >= 0.3 is 5.97 Å². The van der Waals surface area contributed by atoms with E-state index in [1.807, 2.05) is 86.9 Å². The number of esters is 1. The molecule has 0 radical (unpaired) electrons. The van der Waals surface area contributed by atoms with Crippen molar-refractivity contribution in [1.29, 1.82) is 0 Å². The van der Waals surface area contributed by atoms with Gasteiger partial charge in [-0.15, -0.1) is 5.10 Å². The minimum atomic E-state index is -1.86. The van der Waals surface area contributed by atoms with Gasteiger partial charge in [0.05, 0.1) is 67.0 Å². The van der Waals surface area contributed by atoms with E-state index in [4.69, 9.17) is 33.2 Å². The second-order valence-corrected chi connectivity index (χ2v) is 22.9. The number of carbonyl (C=O) groups excluding carboxylic acids is 1. The molecule has 0 spiro atoms. The fourth-order valence-corrected chi connectivity index (χ4v) is 11.4. The Morgan fingerprint density at radius 3 is 2.33 bits per heavy atom. The zero-order chi connectivity index (χ0) is 53.6. The second-order valence-electron chi connectivity index (χ2n) is 21.8. The van der Waals surface area contributed by atoms with Crippen molar-refractivity contribution in [2.24, 2.45) is 17.8 Å². The number of aliphatic hydroxyl groups is 5. The van der Waals surface area contributed by atoms with Crippen molar-refractivity contribution >= 4 is 28.6 Å². The van der Waals surface area contributed by atoms with E-state index in [1.165, 1.54) is 14.0 Å². The number of cyclic esters (lactones) is 1. The highest BCUT2D eigenvalue weighted by molar-refractivity contribution is 14.1.